The van der Waals surface area contributed by atoms with Gasteiger partial charge in [-0.25, -0.2) is 4.39 Å². The number of hydrogen-bond acceptors (Lipinski definition) is 4. The van der Waals surface area contributed by atoms with E-state index in [0.29, 0.717) is 17.1 Å². The number of hydrogen-bond donors (Lipinski definition) is 1. The Balaban J connectivity index is 1.62. The molecular formula is C20H20FN3O4. The number of rotatable bonds is 5. The van der Waals surface area contributed by atoms with E-state index in [1.165, 1.54) is 41.1 Å². The van der Waals surface area contributed by atoms with Gasteiger partial charge in [0.25, 0.3) is 0 Å². The topological polar surface area (TPSA) is 79.0 Å². The highest BCUT2D eigenvalue weighted by atomic mass is 19.1. The Morgan fingerprint density at radius 3 is 2.64 bits per heavy atom. The average Bonchev–Trinajstić information content (AvgIpc) is 2.82. The van der Waals surface area contributed by atoms with E-state index in [4.69, 9.17) is 4.74 Å². The summed E-state index contributed by atoms with van der Waals surface area (Å²) in [5.74, 6) is -0.898. The van der Waals surface area contributed by atoms with E-state index in [1.54, 1.807) is 24.3 Å². The standard InChI is InChI=1S/C20H20FN3O4/c1-23(12-18(25)22-15-8-6-14(21)7-9-15)20(27)13-24-16-4-2-3-5-17(16)28-11-10-19(24)26/h2-9H,10-13H2,1H3,(H,22,25). The largest absolute Gasteiger partial charge is 0.491 e. The SMILES string of the molecule is CN(CC(=O)Nc1ccc(F)cc1)C(=O)CN1C(=O)CCOc2ccccc21. The lowest BCUT2D eigenvalue weighted by Crippen LogP contribution is -2.43. The molecule has 0 saturated carbocycles. The number of carbonyl (C=O) groups excluding carboxylic acids is 3. The van der Waals surface area contributed by atoms with Crippen LogP contribution in [0.25, 0.3) is 0 Å². The Morgan fingerprint density at radius 2 is 1.89 bits per heavy atom. The third-order valence-corrected chi connectivity index (χ3v) is 4.26. The number of anilines is 2. The van der Waals surface area contributed by atoms with Crippen LogP contribution in [0.15, 0.2) is 48.5 Å². The van der Waals surface area contributed by atoms with Crippen LogP contribution in [0.4, 0.5) is 15.8 Å². The van der Waals surface area contributed by atoms with Gasteiger partial charge < -0.3 is 15.0 Å². The van der Waals surface area contributed by atoms with E-state index in [9.17, 15) is 18.8 Å². The molecule has 8 heteroatoms. The highest BCUT2D eigenvalue weighted by Crippen LogP contribution is 2.30. The minimum absolute atomic E-state index is 0.163. The summed E-state index contributed by atoms with van der Waals surface area (Å²) in [5.41, 5.74) is 0.962. The summed E-state index contributed by atoms with van der Waals surface area (Å²) in [6.07, 6.45) is 0.163. The van der Waals surface area contributed by atoms with Crippen LogP contribution in [-0.4, -0.2) is 49.4 Å². The second-order valence-corrected chi connectivity index (χ2v) is 6.35. The van der Waals surface area contributed by atoms with E-state index in [0.717, 1.165) is 0 Å². The van der Waals surface area contributed by atoms with E-state index in [-0.39, 0.29) is 37.9 Å². The van der Waals surface area contributed by atoms with Crippen molar-refractivity contribution in [2.45, 2.75) is 6.42 Å². The highest BCUT2D eigenvalue weighted by Gasteiger charge is 2.26. The van der Waals surface area contributed by atoms with Gasteiger partial charge in [-0.1, -0.05) is 12.1 Å². The molecule has 1 heterocycles. The van der Waals surface area contributed by atoms with Gasteiger partial charge in [-0.15, -0.1) is 0 Å². The number of likely N-dealkylation sites (N-methyl/N-ethyl adjacent to an activating group) is 1. The molecule has 2 aromatic carbocycles. The number of amides is 3. The van der Waals surface area contributed by atoms with Gasteiger partial charge in [0.1, 0.15) is 18.1 Å². The zero-order valence-corrected chi connectivity index (χ0v) is 15.4. The van der Waals surface area contributed by atoms with E-state index in [1.807, 2.05) is 0 Å². The maximum atomic E-state index is 12.9. The summed E-state index contributed by atoms with van der Waals surface area (Å²) in [5, 5.41) is 2.59. The molecule has 0 aromatic heterocycles. The average molecular weight is 385 g/mol. The van der Waals surface area contributed by atoms with E-state index < -0.39 is 11.7 Å². The molecule has 3 rings (SSSR count). The minimum Gasteiger partial charge on any atom is -0.491 e. The zero-order chi connectivity index (χ0) is 20.1. The first-order chi connectivity index (χ1) is 13.4. The molecule has 1 aliphatic rings. The number of nitrogens with zero attached hydrogens (tertiary/aromatic N) is 2. The predicted octanol–water partition coefficient (Wildman–Crippen LogP) is 2.04. The van der Waals surface area contributed by atoms with Gasteiger partial charge >= 0.3 is 0 Å². The quantitative estimate of drug-likeness (QED) is 0.854. The lowest BCUT2D eigenvalue weighted by Gasteiger charge is -2.24. The predicted molar refractivity (Wildman–Crippen MR) is 102 cm³/mol. The van der Waals surface area contributed by atoms with Crippen LogP contribution in [0.3, 0.4) is 0 Å². The third-order valence-electron chi connectivity index (χ3n) is 4.26. The van der Waals surface area contributed by atoms with Crippen LogP contribution in [0.5, 0.6) is 5.75 Å². The molecule has 0 saturated heterocycles. The molecule has 28 heavy (non-hydrogen) atoms. The van der Waals surface area contributed by atoms with Crippen LogP contribution in [0, 0.1) is 5.82 Å². The molecule has 0 bridgehead atoms. The van der Waals surface area contributed by atoms with Gasteiger partial charge in [0, 0.05) is 12.7 Å². The van der Waals surface area contributed by atoms with Crippen LogP contribution in [-0.2, 0) is 14.4 Å². The molecule has 0 radical (unpaired) electrons. The van der Waals surface area contributed by atoms with Crippen molar-refractivity contribution >= 4 is 29.1 Å². The van der Waals surface area contributed by atoms with E-state index >= 15 is 0 Å². The first-order valence-corrected chi connectivity index (χ1v) is 8.75. The van der Waals surface area contributed by atoms with Crippen molar-refractivity contribution in [1.82, 2.24) is 4.90 Å². The molecule has 3 amide bonds. The van der Waals surface area contributed by atoms with Crippen molar-refractivity contribution in [2.24, 2.45) is 0 Å². The van der Waals surface area contributed by atoms with Crippen LogP contribution in [0.2, 0.25) is 0 Å². The van der Waals surface area contributed by atoms with Crippen LogP contribution >= 0.6 is 0 Å². The van der Waals surface area contributed by atoms with Crippen molar-refractivity contribution in [3.05, 3.63) is 54.3 Å². The maximum Gasteiger partial charge on any atom is 0.243 e. The number of halogens is 1. The minimum atomic E-state index is -0.423. The number of fused-ring (bicyclic) bond motifs is 1. The second kappa shape index (κ2) is 8.51. The first kappa shape index (κ1) is 19.3. The summed E-state index contributed by atoms with van der Waals surface area (Å²) >= 11 is 0. The second-order valence-electron chi connectivity index (χ2n) is 6.35. The molecule has 0 spiro atoms. The number of benzene rings is 2. The fourth-order valence-corrected chi connectivity index (χ4v) is 2.79. The normalized spacial score (nSPS) is 13.2. The van der Waals surface area contributed by atoms with Gasteiger partial charge in [-0.2, -0.15) is 0 Å². The monoisotopic (exact) mass is 385 g/mol. The summed E-state index contributed by atoms with van der Waals surface area (Å²) in [6, 6.07) is 12.3. The molecule has 0 aliphatic carbocycles. The summed E-state index contributed by atoms with van der Waals surface area (Å²) in [7, 11) is 1.48. The number of para-hydroxylation sites is 2. The summed E-state index contributed by atoms with van der Waals surface area (Å²) in [4.78, 5) is 39.7. The molecular weight excluding hydrogens is 365 g/mol. The van der Waals surface area contributed by atoms with Crippen molar-refractivity contribution < 1.29 is 23.5 Å². The van der Waals surface area contributed by atoms with E-state index in [2.05, 4.69) is 5.32 Å². The van der Waals surface area contributed by atoms with Gasteiger partial charge in [0.2, 0.25) is 17.7 Å². The lowest BCUT2D eigenvalue weighted by molar-refractivity contribution is -0.133. The Hall–Kier alpha value is -3.42. The third kappa shape index (κ3) is 4.64. The van der Waals surface area contributed by atoms with Crippen LogP contribution < -0.4 is 15.0 Å². The zero-order valence-electron chi connectivity index (χ0n) is 15.4. The van der Waals surface area contributed by atoms with Gasteiger partial charge in [-0.3, -0.25) is 19.3 Å². The fraction of sp³-hybridized carbons (Fsp3) is 0.250. The smallest absolute Gasteiger partial charge is 0.243 e. The highest BCUT2D eigenvalue weighted by molar-refractivity contribution is 6.01. The Labute approximate surface area is 161 Å². The Morgan fingerprint density at radius 1 is 1.18 bits per heavy atom. The summed E-state index contributed by atoms with van der Waals surface area (Å²) in [6.45, 7) is -0.146. The molecule has 0 unspecified atom stereocenters. The van der Waals surface area contributed by atoms with Crippen molar-refractivity contribution in [3.63, 3.8) is 0 Å². The summed E-state index contributed by atoms with van der Waals surface area (Å²) < 4.78 is 18.5. The molecule has 0 atom stereocenters. The number of carbonyl (C=O) groups is 3. The number of nitrogens with one attached hydrogen (secondary N) is 1. The van der Waals surface area contributed by atoms with Crippen LogP contribution in [0.1, 0.15) is 6.42 Å². The van der Waals surface area contributed by atoms with Crippen molar-refractivity contribution in [2.75, 3.05) is 37.0 Å². The number of ether oxygens (including phenoxy) is 1. The fourth-order valence-electron chi connectivity index (χ4n) is 2.79. The maximum absolute atomic E-state index is 12.9. The molecule has 0 fully saturated rings. The van der Waals surface area contributed by atoms with Crippen molar-refractivity contribution in [1.29, 1.82) is 0 Å². The van der Waals surface area contributed by atoms with Gasteiger partial charge in [0.15, 0.2) is 0 Å². The Bertz CT molecular complexity index is 885. The first-order valence-electron chi connectivity index (χ1n) is 8.75. The molecule has 146 valence electrons. The van der Waals surface area contributed by atoms with Crippen molar-refractivity contribution in [3.8, 4) is 5.75 Å². The molecule has 1 N–H and O–H groups in total. The van der Waals surface area contributed by atoms with Gasteiger partial charge in [0.05, 0.1) is 25.3 Å². The Kier molecular flexibility index (Phi) is 5.88. The molecule has 7 nitrogen and oxygen atoms in total. The van der Waals surface area contributed by atoms with Gasteiger partial charge in [-0.05, 0) is 36.4 Å². The lowest BCUT2D eigenvalue weighted by atomic mass is 10.2. The molecule has 2 aromatic rings. The molecule has 1 aliphatic heterocycles.